The molecule has 0 aliphatic carbocycles. The fraction of sp³-hybridized carbons (Fsp3) is 0.231. The van der Waals surface area contributed by atoms with Gasteiger partial charge < -0.3 is 5.32 Å². The molecule has 0 bridgehead atoms. The van der Waals surface area contributed by atoms with Gasteiger partial charge in [0.1, 0.15) is 0 Å². The van der Waals surface area contributed by atoms with Crippen LogP contribution in [0.15, 0.2) is 40.2 Å². The summed E-state index contributed by atoms with van der Waals surface area (Å²) in [6.45, 7) is 0. The second kappa shape index (κ2) is 6.01. The van der Waals surface area contributed by atoms with Gasteiger partial charge in [0.2, 0.25) is 0 Å². The number of thiophene rings is 1. The van der Waals surface area contributed by atoms with Gasteiger partial charge in [0, 0.05) is 32.2 Å². The molecule has 1 heterocycles. The topological polar surface area (TPSA) is 12.0 Å². The molecule has 1 atom stereocenters. The van der Waals surface area contributed by atoms with Crippen LogP contribution in [0, 0.1) is 0 Å². The van der Waals surface area contributed by atoms with Gasteiger partial charge in [-0.2, -0.15) is 0 Å². The average Bonchev–Trinajstić information content (AvgIpc) is 2.73. The summed E-state index contributed by atoms with van der Waals surface area (Å²) in [7, 11) is 1.99. The largest absolute Gasteiger partial charge is 0.313 e. The maximum Gasteiger partial charge on any atom is 0.0406 e. The summed E-state index contributed by atoms with van der Waals surface area (Å²) < 4.78 is 1.16. The van der Waals surface area contributed by atoms with Gasteiger partial charge in [-0.25, -0.2) is 0 Å². The van der Waals surface area contributed by atoms with Crippen LogP contribution in [0.2, 0.25) is 5.02 Å². The van der Waals surface area contributed by atoms with Crippen molar-refractivity contribution >= 4 is 38.9 Å². The van der Waals surface area contributed by atoms with E-state index in [1.807, 2.05) is 19.2 Å². The molecule has 0 saturated heterocycles. The first-order valence-corrected chi connectivity index (χ1v) is 7.39. The highest BCUT2D eigenvalue weighted by atomic mass is 79.9. The van der Waals surface area contributed by atoms with Gasteiger partial charge in [0.05, 0.1) is 0 Å². The Morgan fingerprint density at radius 3 is 2.59 bits per heavy atom. The summed E-state index contributed by atoms with van der Waals surface area (Å²) in [5.74, 6) is 0. The highest BCUT2D eigenvalue weighted by molar-refractivity contribution is 9.10. The fourth-order valence-corrected chi connectivity index (χ4v) is 3.37. The molecule has 0 amide bonds. The number of hydrogen-bond acceptors (Lipinski definition) is 2. The lowest BCUT2D eigenvalue weighted by molar-refractivity contribution is 0.596. The van der Waals surface area contributed by atoms with Crippen LogP contribution in [0.3, 0.4) is 0 Å². The molecule has 0 aliphatic rings. The molecule has 90 valence electrons. The van der Waals surface area contributed by atoms with Crippen LogP contribution in [-0.4, -0.2) is 7.05 Å². The number of rotatable bonds is 4. The molecule has 1 nitrogen and oxygen atoms in total. The first-order valence-electron chi connectivity index (χ1n) is 5.34. The van der Waals surface area contributed by atoms with Crippen LogP contribution in [0.4, 0.5) is 0 Å². The third-order valence-electron chi connectivity index (χ3n) is 2.65. The Labute approximate surface area is 119 Å². The first kappa shape index (κ1) is 13.1. The minimum Gasteiger partial charge on any atom is -0.313 e. The van der Waals surface area contributed by atoms with E-state index in [2.05, 4.69) is 44.8 Å². The van der Waals surface area contributed by atoms with Crippen LogP contribution in [0.25, 0.3) is 0 Å². The Bertz CT molecular complexity index is 480. The molecule has 0 radical (unpaired) electrons. The first-order chi connectivity index (χ1) is 8.19. The Hall–Kier alpha value is -0.350. The number of benzene rings is 1. The molecule has 1 unspecified atom stereocenters. The molecule has 4 heteroatoms. The normalized spacial score (nSPS) is 12.6. The maximum absolute atomic E-state index is 5.90. The molecular weight excluding hydrogens is 318 g/mol. The molecule has 0 aliphatic heterocycles. The summed E-state index contributed by atoms with van der Waals surface area (Å²) in [4.78, 5) is 1.37. The molecule has 2 rings (SSSR count). The Morgan fingerprint density at radius 2 is 2.06 bits per heavy atom. The Morgan fingerprint density at radius 1 is 1.35 bits per heavy atom. The van der Waals surface area contributed by atoms with Gasteiger partial charge in [-0.15, -0.1) is 11.3 Å². The number of nitrogens with one attached hydrogen (secondary N) is 1. The van der Waals surface area contributed by atoms with Gasteiger partial charge in [-0.3, -0.25) is 0 Å². The molecule has 0 fully saturated rings. The van der Waals surface area contributed by atoms with Crippen molar-refractivity contribution < 1.29 is 0 Å². The zero-order valence-electron chi connectivity index (χ0n) is 9.41. The van der Waals surface area contributed by atoms with E-state index in [1.165, 1.54) is 10.4 Å². The van der Waals surface area contributed by atoms with E-state index in [4.69, 9.17) is 11.6 Å². The molecule has 1 N–H and O–H groups in total. The monoisotopic (exact) mass is 329 g/mol. The van der Waals surface area contributed by atoms with Crippen molar-refractivity contribution in [3.8, 4) is 0 Å². The Balaban J connectivity index is 2.13. The van der Waals surface area contributed by atoms with Crippen molar-refractivity contribution in [1.82, 2.24) is 5.32 Å². The van der Waals surface area contributed by atoms with E-state index in [9.17, 15) is 0 Å². The molecule has 0 spiro atoms. The molecule has 0 saturated carbocycles. The minimum absolute atomic E-state index is 0.331. The second-order valence-electron chi connectivity index (χ2n) is 3.83. The average molecular weight is 331 g/mol. The minimum atomic E-state index is 0.331. The molecule has 1 aromatic carbocycles. The molecule has 2 aromatic rings. The van der Waals surface area contributed by atoms with Gasteiger partial charge in [0.15, 0.2) is 0 Å². The second-order valence-corrected chi connectivity index (χ2v) is 6.18. The van der Waals surface area contributed by atoms with E-state index in [0.29, 0.717) is 6.04 Å². The smallest absolute Gasteiger partial charge is 0.0406 e. The van der Waals surface area contributed by atoms with Crippen molar-refractivity contribution in [2.24, 2.45) is 0 Å². The lowest BCUT2D eigenvalue weighted by Crippen LogP contribution is -2.18. The van der Waals surface area contributed by atoms with E-state index < -0.39 is 0 Å². The van der Waals surface area contributed by atoms with Gasteiger partial charge in [-0.1, -0.05) is 23.7 Å². The number of likely N-dealkylation sites (N-methyl/N-ethyl adjacent to an activating group) is 1. The third kappa shape index (κ3) is 3.55. The van der Waals surface area contributed by atoms with Gasteiger partial charge in [0.25, 0.3) is 0 Å². The summed E-state index contributed by atoms with van der Waals surface area (Å²) in [6.07, 6.45) is 0.994. The van der Waals surface area contributed by atoms with Crippen molar-refractivity contribution in [1.29, 1.82) is 0 Å². The highest BCUT2D eigenvalue weighted by Crippen LogP contribution is 2.26. The zero-order valence-corrected chi connectivity index (χ0v) is 12.6. The number of hydrogen-bond donors (Lipinski definition) is 1. The highest BCUT2D eigenvalue weighted by Gasteiger charge is 2.11. The molecular formula is C13H13BrClNS. The van der Waals surface area contributed by atoms with Crippen LogP contribution in [0.5, 0.6) is 0 Å². The van der Waals surface area contributed by atoms with E-state index in [0.717, 1.165) is 15.9 Å². The summed E-state index contributed by atoms with van der Waals surface area (Å²) in [5, 5.41) is 6.24. The SMILES string of the molecule is CNC(Cc1cc(Br)cs1)c1ccc(Cl)cc1. The standard InChI is InChI=1S/C13H13BrClNS/c1-16-13(7-12-6-10(14)8-17-12)9-2-4-11(15)5-3-9/h2-6,8,13,16H,7H2,1H3. The van der Waals surface area contributed by atoms with E-state index in [-0.39, 0.29) is 0 Å². The van der Waals surface area contributed by atoms with Crippen molar-refractivity contribution in [2.45, 2.75) is 12.5 Å². The van der Waals surface area contributed by atoms with E-state index >= 15 is 0 Å². The van der Waals surface area contributed by atoms with Crippen molar-refractivity contribution in [3.05, 3.63) is 55.6 Å². The van der Waals surface area contributed by atoms with Gasteiger partial charge in [-0.05, 0) is 46.7 Å². The lowest BCUT2D eigenvalue weighted by atomic mass is 10.0. The summed E-state index contributed by atoms with van der Waals surface area (Å²) in [5.41, 5.74) is 1.27. The van der Waals surface area contributed by atoms with Crippen LogP contribution in [0.1, 0.15) is 16.5 Å². The van der Waals surface area contributed by atoms with E-state index in [1.54, 1.807) is 11.3 Å². The van der Waals surface area contributed by atoms with Crippen LogP contribution in [-0.2, 0) is 6.42 Å². The predicted octanol–water partition coefficient (Wildman–Crippen LogP) is 4.67. The van der Waals surface area contributed by atoms with Crippen LogP contribution >= 0.6 is 38.9 Å². The van der Waals surface area contributed by atoms with Crippen molar-refractivity contribution in [2.75, 3.05) is 7.05 Å². The number of halogens is 2. The van der Waals surface area contributed by atoms with Crippen LogP contribution < -0.4 is 5.32 Å². The summed E-state index contributed by atoms with van der Waals surface area (Å²) in [6, 6.07) is 10.5. The Kier molecular flexibility index (Phi) is 4.62. The quantitative estimate of drug-likeness (QED) is 0.859. The fourth-order valence-electron chi connectivity index (χ4n) is 1.74. The van der Waals surface area contributed by atoms with Crippen molar-refractivity contribution in [3.63, 3.8) is 0 Å². The zero-order chi connectivity index (χ0) is 12.3. The predicted molar refractivity (Wildman–Crippen MR) is 79.0 cm³/mol. The summed E-state index contributed by atoms with van der Waals surface area (Å²) >= 11 is 11.2. The molecule has 1 aromatic heterocycles. The lowest BCUT2D eigenvalue weighted by Gasteiger charge is -2.15. The maximum atomic E-state index is 5.90. The van der Waals surface area contributed by atoms with Gasteiger partial charge >= 0.3 is 0 Å². The third-order valence-corrected chi connectivity index (χ3v) is 4.62. The molecule has 17 heavy (non-hydrogen) atoms.